The number of hydrogen-bond acceptors (Lipinski definition) is 4. The van der Waals surface area contributed by atoms with Gasteiger partial charge in [0.25, 0.3) is 0 Å². The SMILES string of the molecule is CCCCOCCNCC(O)COc1c(Cl)cccc1Cl. The number of benzene rings is 1. The zero-order chi connectivity index (χ0) is 15.5. The Balaban J connectivity index is 2.12. The van der Waals surface area contributed by atoms with E-state index in [9.17, 15) is 5.11 Å². The minimum absolute atomic E-state index is 0.132. The van der Waals surface area contributed by atoms with E-state index >= 15 is 0 Å². The number of halogens is 2. The van der Waals surface area contributed by atoms with Gasteiger partial charge in [0, 0.05) is 19.7 Å². The highest BCUT2D eigenvalue weighted by molar-refractivity contribution is 6.37. The number of unbranched alkanes of at least 4 members (excludes halogenated alkanes) is 1. The van der Waals surface area contributed by atoms with Crippen molar-refractivity contribution in [2.24, 2.45) is 0 Å². The summed E-state index contributed by atoms with van der Waals surface area (Å²) < 4.78 is 10.9. The molecule has 0 radical (unpaired) electrons. The first-order chi connectivity index (χ1) is 10.1. The van der Waals surface area contributed by atoms with Crippen molar-refractivity contribution in [1.29, 1.82) is 0 Å². The van der Waals surface area contributed by atoms with Gasteiger partial charge in [-0.25, -0.2) is 0 Å². The van der Waals surface area contributed by atoms with Crippen molar-refractivity contribution in [2.75, 3.05) is 32.9 Å². The van der Waals surface area contributed by atoms with Crippen LogP contribution in [0.15, 0.2) is 18.2 Å². The average Bonchev–Trinajstić information content (AvgIpc) is 2.46. The molecule has 21 heavy (non-hydrogen) atoms. The lowest BCUT2D eigenvalue weighted by Crippen LogP contribution is -2.33. The third kappa shape index (κ3) is 7.88. The smallest absolute Gasteiger partial charge is 0.156 e. The molecule has 1 unspecified atom stereocenters. The fourth-order valence-corrected chi connectivity index (χ4v) is 2.13. The maximum Gasteiger partial charge on any atom is 0.156 e. The Morgan fingerprint density at radius 3 is 2.62 bits per heavy atom. The van der Waals surface area contributed by atoms with Crippen molar-refractivity contribution in [3.8, 4) is 5.75 Å². The van der Waals surface area contributed by atoms with E-state index in [1.54, 1.807) is 18.2 Å². The molecule has 0 spiro atoms. The van der Waals surface area contributed by atoms with Gasteiger partial charge in [-0.3, -0.25) is 0 Å². The van der Waals surface area contributed by atoms with Crippen LogP contribution in [0.5, 0.6) is 5.75 Å². The molecule has 0 bridgehead atoms. The largest absolute Gasteiger partial charge is 0.488 e. The molecule has 0 aliphatic heterocycles. The van der Waals surface area contributed by atoms with Gasteiger partial charge < -0.3 is 19.9 Å². The molecule has 0 amide bonds. The normalized spacial score (nSPS) is 12.4. The van der Waals surface area contributed by atoms with Crippen LogP contribution in [-0.2, 0) is 4.74 Å². The third-order valence-corrected chi connectivity index (χ3v) is 3.38. The topological polar surface area (TPSA) is 50.7 Å². The van der Waals surface area contributed by atoms with Gasteiger partial charge in [-0.1, -0.05) is 42.6 Å². The highest BCUT2D eigenvalue weighted by Crippen LogP contribution is 2.32. The van der Waals surface area contributed by atoms with Gasteiger partial charge >= 0.3 is 0 Å². The van der Waals surface area contributed by atoms with E-state index in [1.165, 1.54) is 0 Å². The Morgan fingerprint density at radius 1 is 1.24 bits per heavy atom. The summed E-state index contributed by atoms with van der Waals surface area (Å²) in [5.41, 5.74) is 0. The minimum Gasteiger partial charge on any atom is -0.488 e. The van der Waals surface area contributed by atoms with E-state index in [0.717, 1.165) is 19.4 Å². The van der Waals surface area contributed by atoms with Crippen LogP contribution in [0.25, 0.3) is 0 Å². The van der Waals surface area contributed by atoms with E-state index in [0.29, 0.717) is 35.5 Å². The lowest BCUT2D eigenvalue weighted by Gasteiger charge is -2.15. The fourth-order valence-electron chi connectivity index (χ4n) is 1.62. The Kier molecular flexibility index (Phi) is 9.79. The summed E-state index contributed by atoms with van der Waals surface area (Å²) in [6.45, 7) is 4.82. The Hall–Kier alpha value is -0.520. The quantitative estimate of drug-likeness (QED) is 0.610. The van der Waals surface area contributed by atoms with Crippen LogP contribution < -0.4 is 10.1 Å². The van der Waals surface area contributed by atoms with Crippen LogP contribution in [0.4, 0.5) is 0 Å². The van der Waals surface area contributed by atoms with Crippen LogP contribution in [-0.4, -0.2) is 44.1 Å². The van der Waals surface area contributed by atoms with Gasteiger partial charge in [-0.15, -0.1) is 0 Å². The van der Waals surface area contributed by atoms with E-state index in [2.05, 4.69) is 12.2 Å². The first kappa shape index (κ1) is 18.5. The van der Waals surface area contributed by atoms with Gasteiger partial charge in [-0.05, 0) is 18.6 Å². The maximum atomic E-state index is 9.82. The molecule has 1 rings (SSSR count). The van der Waals surface area contributed by atoms with Crippen LogP contribution in [0.1, 0.15) is 19.8 Å². The van der Waals surface area contributed by atoms with E-state index in [-0.39, 0.29) is 6.61 Å². The molecule has 0 saturated carbocycles. The van der Waals surface area contributed by atoms with Crippen molar-refractivity contribution >= 4 is 23.2 Å². The van der Waals surface area contributed by atoms with Gasteiger partial charge in [-0.2, -0.15) is 0 Å². The van der Waals surface area contributed by atoms with Crippen LogP contribution in [0.3, 0.4) is 0 Å². The number of aliphatic hydroxyl groups excluding tert-OH is 1. The molecule has 0 fully saturated rings. The number of nitrogens with one attached hydrogen (secondary N) is 1. The lowest BCUT2D eigenvalue weighted by atomic mass is 10.3. The van der Waals surface area contributed by atoms with Gasteiger partial charge in [0.2, 0.25) is 0 Å². The van der Waals surface area contributed by atoms with E-state index < -0.39 is 6.10 Å². The standard InChI is InChI=1S/C15H23Cl2NO3/c1-2-3-8-20-9-7-18-10-12(19)11-21-15-13(16)5-4-6-14(15)17/h4-6,12,18-19H,2-3,7-11H2,1H3. The number of rotatable bonds is 11. The summed E-state index contributed by atoms with van der Waals surface area (Å²) >= 11 is 12.0. The number of para-hydroxylation sites is 1. The van der Waals surface area contributed by atoms with Crippen LogP contribution in [0.2, 0.25) is 10.0 Å². The highest BCUT2D eigenvalue weighted by Gasteiger charge is 2.10. The summed E-state index contributed by atoms with van der Waals surface area (Å²) in [5, 5.41) is 13.8. The lowest BCUT2D eigenvalue weighted by molar-refractivity contribution is 0.0983. The summed E-state index contributed by atoms with van der Waals surface area (Å²) in [6.07, 6.45) is 1.58. The second-order valence-electron chi connectivity index (χ2n) is 4.69. The molecular weight excluding hydrogens is 313 g/mol. The average molecular weight is 336 g/mol. The molecule has 4 nitrogen and oxygen atoms in total. The Bertz CT molecular complexity index is 384. The zero-order valence-electron chi connectivity index (χ0n) is 12.3. The third-order valence-electron chi connectivity index (χ3n) is 2.78. The first-order valence-corrected chi connectivity index (χ1v) is 7.94. The minimum atomic E-state index is -0.631. The van der Waals surface area contributed by atoms with Crippen molar-refractivity contribution in [3.05, 3.63) is 28.2 Å². The summed E-state index contributed by atoms with van der Waals surface area (Å²) in [5.74, 6) is 0.405. The molecule has 2 N–H and O–H groups in total. The molecule has 120 valence electrons. The van der Waals surface area contributed by atoms with Crippen molar-refractivity contribution in [3.63, 3.8) is 0 Å². The Morgan fingerprint density at radius 2 is 1.95 bits per heavy atom. The Labute approximate surface area is 136 Å². The second kappa shape index (κ2) is 11.1. The van der Waals surface area contributed by atoms with Crippen molar-refractivity contribution < 1.29 is 14.6 Å². The number of hydrogen-bond donors (Lipinski definition) is 2. The molecule has 0 aliphatic carbocycles. The molecule has 6 heteroatoms. The molecule has 1 aromatic rings. The molecule has 0 heterocycles. The number of aliphatic hydroxyl groups is 1. The van der Waals surface area contributed by atoms with E-state index in [4.69, 9.17) is 32.7 Å². The first-order valence-electron chi connectivity index (χ1n) is 7.18. The van der Waals surface area contributed by atoms with E-state index in [1.807, 2.05) is 0 Å². The molecule has 0 aromatic heterocycles. The highest BCUT2D eigenvalue weighted by atomic mass is 35.5. The molecule has 0 aliphatic rings. The summed E-state index contributed by atoms with van der Waals surface area (Å²) in [6, 6.07) is 5.14. The predicted molar refractivity (Wildman–Crippen MR) is 86.6 cm³/mol. The molecular formula is C15H23Cl2NO3. The van der Waals surface area contributed by atoms with Crippen LogP contribution in [0, 0.1) is 0 Å². The zero-order valence-corrected chi connectivity index (χ0v) is 13.8. The predicted octanol–water partition coefficient (Wildman–Crippen LogP) is 3.14. The van der Waals surface area contributed by atoms with Gasteiger partial charge in [0.1, 0.15) is 12.7 Å². The van der Waals surface area contributed by atoms with Crippen LogP contribution >= 0.6 is 23.2 Å². The molecule has 1 atom stereocenters. The van der Waals surface area contributed by atoms with Gasteiger partial charge in [0.05, 0.1) is 16.7 Å². The molecule has 0 saturated heterocycles. The monoisotopic (exact) mass is 335 g/mol. The summed E-state index contributed by atoms with van der Waals surface area (Å²) in [7, 11) is 0. The van der Waals surface area contributed by atoms with Crippen molar-refractivity contribution in [1.82, 2.24) is 5.32 Å². The molecule has 1 aromatic carbocycles. The van der Waals surface area contributed by atoms with Gasteiger partial charge in [0.15, 0.2) is 5.75 Å². The maximum absolute atomic E-state index is 9.82. The second-order valence-corrected chi connectivity index (χ2v) is 5.50. The number of ether oxygens (including phenoxy) is 2. The summed E-state index contributed by atoms with van der Waals surface area (Å²) in [4.78, 5) is 0. The van der Waals surface area contributed by atoms with Crippen molar-refractivity contribution in [2.45, 2.75) is 25.9 Å². The fraction of sp³-hybridized carbons (Fsp3) is 0.600.